The molecule has 0 saturated heterocycles. The fourth-order valence-electron chi connectivity index (χ4n) is 0.160. The molecule has 4 heteroatoms. The fraction of sp³-hybridized carbons (Fsp3) is 0.667. The second-order valence-electron chi connectivity index (χ2n) is 0.962. The normalized spacial score (nSPS) is 8.14. The van der Waals surface area contributed by atoms with Crippen LogP contribution in [0.1, 0.15) is 0 Å². The van der Waals surface area contributed by atoms with Gasteiger partial charge in [0.05, 0.1) is 7.85 Å². The van der Waals surface area contributed by atoms with Gasteiger partial charge < -0.3 is 10.4 Å². The quantitative estimate of drug-likeness (QED) is 0.331. The molecule has 38 valence electrons. The average Bonchev–Trinajstić information content (AvgIpc) is 1.68. The van der Waals surface area contributed by atoms with Crippen LogP contribution in [0.25, 0.3) is 0 Å². The average molecular weight is 98.9 g/mol. The van der Waals surface area contributed by atoms with Crippen molar-refractivity contribution in [1.82, 2.24) is 5.32 Å². The molecule has 0 aliphatic heterocycles. The number of aliphatic hydroxyl groups excluding tert-OH is 1. The van der Waals surface area contributed by atoms with Crippen molar-refractivity contribution in [3.8, 4) is 0 Å². The molecule has 0 bridgehead atoms. The van der Waals surface area contributed by atoms with Crippen LogP contribution in [0, 0.1) is 0 Å². The molecule has 0 aliphatic carbocycles. The molecule has 0 unspecified atom stereocenters. The van der Waals surface area contributed by atoms with E-state index in [0.29, 0.717) is 0 Å². The van der Waals surface area contributed by atoms with E-state index >= 15 is 0 Å². The monoisotopic (exact) mass is 99.0 g/mol. The minimum Gasteiger partial charge on any atom is -0.377 e. The summed E-state index contributed by atoms with van der Waals surface area (Å²) in [4.78, 5) is 10.0. The van der Waals surface area contributed by atoms with E-state index in [1.165, 1.54) is 0 Å². The number of aliphatic hydroxyl groups is 1. The Morgan fingerprint density at radius 3 is 2.57 bits per heavy atom. The zero-order valence-electron chi connectivity index (χ0n) is 3.85. The van der Waals surface area contributed by atoms with Gasteiger partial charge in [-0.3, -0.25) is 4.79 Å². The maximum Gasteiger partial charge on any atom is 0.213 e. The highest BCUT2D eigenvalue weighted by Crippen LogP contribution is 1.66. The van der Waals surface area contributed by atoms with Gasteiger partial charge in [-0.25, -0.2) is 0 Å². The van der Waals surface area contributed by atoms with Crippen molar-refractivity contribution in [3.63, 3.8) is 0 Å². The molecule has 0 saturated carbocycles. The van der Waals surface area contributed by atoms with E-state index in [-0.39, 0.29) is 19.0 Å². The molecule has 7 heavy (non-hydrogen) atoms. The van der Waals surface area contributed by atoms with Crippen molar-refractivity contribution in [1.29, 1.82) is 0 Å². The van der Waals surface area contributed by atoms with Crippen LogP contribution in [-0.4, -0.2) is 25.6 Å². The van der Waals surface area contributed by atoms with E-state index in [0.717, 1.165) is 0 Å². The van der Waals surface area contributed by atoms with E-state index in [1.807, 2.05) is 0 Å². The minimum atomic E-state index is -0.345. The Morgan fingerprint density at radius 2 is 2.43 bits per heavy atom. The molecule has 0 atom stereocenters. The van der Waals surface area contributed by atoms with E-state index in [2.05, 4.69) is 5.32 Å². The van der Waals surface area contributed by atoms with E-state index < -0.39 is 0 Å². The van der Waals surface area contributed by atoms with Gasteiger partial charge in [0, 0.05) is 0 Å². The predicted molar refractivity (Wildman–Crippen MR) is 25.8 cm³/mol. The van der Waals surface area contributed by atoms with Gasteiger partial charge in [0.1, 0.15) is 6.73 Å². The molecule has 0 fully saturated rings. The standard InChI is InChI=1S/C3H6BNO2/c4-1-3(7)5-2-6/h6H,1-2H2,(H,5,7). The Hall–Kier alpha value is -0.505. The van der Waals surface area contributed by atoms with Gasteiger partial charge >= 0.3 is 0 Å². The Balaban J connectivity index is 3.00. The second kappa shape index (κ2) is 3.68. The predicted octanol–water partition coefficient (Wildman–Crippen LogP) is -1.36. The van der Waals surface area contributed by atoms with Gasteiger partial charge in [-0.2, -0.15) is 0 Å². The first-order valence-corrected chi connectivity index (χ1v) is 1.89. The summed E-state index contributed by atoms with van der Waals surface area (Å²) in [5.41, 5.74) is 0. The third-order valence-electron chi connectivity index (χ3n) is 0.462. The number of carbonyl (C=O) groups excluding carboxylic acids is 1. The molecule has 0 spiro atoms. The SMILES string of the molecule is [B]CC(=O)NCO. The number of hydrogen-bond donors (Lipinski definition) is 2. The number of hydrogen-bond acceptors (Lipinski definition) is 2. The summed E-state index contributed by atoms with van der Waals surface area (Å²) in [6.45, 7) is -0.337. The summed E-state index contributed by atoms with van der Waals surface area (Å²) < 4.78 is 0. The molecular weight excluding hydrogens is 92.8 g/mol. The lowest BCUT2D eigenvalue weighted by Crippen LogP contribution is -2.22. The van der Waals surface area contributed by atoms with Crippen molar-refractivity contribution in [2.45, 2.75) is 6.32 Å². The summed E-state index contributed by atoms with van der Waals surface area (Å²) in [6.07, 6.45) is -0.0689. The van der Waals surface area contributed by atoms with Gasteiger partial charge in [-0.15, -0.1) is 0 Å². The Morgan fingerprint density at radius 1 is 1.86 bits per heavy atom. The number of carbonyl (C=O) groups is 1. The van der Waals surface area contributed by atoms with Crippen molar-refractivity contribution < 1.29 is 9.90 Å². The minimum absolute atomic E-state index is 0.0689. The molecule has 0 heterocycles. The topological polar surface area (TPSA) is 49.3 Å². The van der Waals surface area contributed by atoms with Gasteiger partial charge in [0.25, 0.3) is 0 Å². The third-order valence-corrected chi connectivity index (χ3v) is 0.462. The van der Waals surface area contributed by atoms with Crippen LogP contribution in [0.3, 0.4) is 0 Å². The Bertz CT molecular complexity index is 66.0. The summed E-state index contributed by atoms with van der Waals surface area (Å²) in [6, 6.07) is 0. The first-order valence-electron chi connectivity index (χ1n) is 1.89. The first-order chi connectivity index (χ1) is 3.31. The zero-order chi connectivity index (χ0) is 5.70. The van der Waals surface area contributed by atoms with Crippen molar-refractivity contribution in [2.75, 3.05) is 6.73 Å². The lowest BCUT2D eigenvalue weighted by atomic mass is 10.1. The fourth-order valence-corrected chi connectivity index (χ4v) is 0.160. The molecule has 0 aromatic rings. The third kappa shape index (κ3) is 3.32. The summed E-state index contributed by atoms with van der Waals surface area (Å²) in [5.74, 6) is -0.345. The van der Waals surface area contributed by atoms with Crippen LogP contribution >= 0.6 is 0 Å². The van der Waals surface area contributed by atoms with Crippen molar-refractivity contribution in [2.24, 2.45) is 0 Å². The Kier molecular flexibility index (Phi) is 3.41. The largest absolute Gasteiger partial charge is 0.377 e. The summed E-state index contributed by atoms with van der Waals surface area (Å²) in [7, 11) is 4.83. The van der Waals surface area contributed by atoms with Gasteiger partial charge in [-0.05, 0) is 6.32 Å². The molecule has 0 aromatic heterocycles. The molecule has 1 amide bonds. The maximum absolute atomic E-state index is 10.0. The highest BCUT2D eigenvalue weighted by molar-refractivity contribution is 6.19. The van der Waals surface area contributed by atoms with Gasteiger partial charge in [-0.1, -0.05) is 0 Å². The van der Waals surface area contributed by atoms with E-state index in [4.69, 9.17) is 13.0 Å². The van der Waals surface area contributed by atoms with Crippen LogP contribution in [0.4, 0.5) is 0 Å². The molecule has 2 N–H and O–H groups in total. The van der Waals surface area contributed by atoms with Crippen LogP contribution in [-0.2, 0) is 4.79 Å². The molecular formula is C3H6BNO2. The van der Waals surface area contributed by atoms with Crippen LogP contribution in [0.2, 0.25) is 6.32 Å². The van der Waals surface area contributed by atoms with Crippen molar-refractivity contribution >= 4 is 13.8 Å². The van der Waals surface area contributed by atoms with E-state index in [1.54, 1.807) is 0 Å². The van der Waals surface area contributed by atoms with Crippen molar-refractivity contribution in [3.05, 3.63) is 0 Å². The van der Waals surface area contributed by atoms with Gasteiger partial charge in [0.2, 0.25) is 5.91 Å². The first kappa shape index (κ1) is 6.49. The number of rotatable bonds is 2. The second-order valence-corrected chi connectivity index (χ2v) is 0.962. The molecule has 2 radical (unpaired) electrons. The lowest BCUT2D eigenvalue weighted by molar-refractivity contribution is -0.119. The smallest absolute Gasteiger partial charge is 0.213 e. The highest BCUT2D eigenvalue weighted by atomic mass is 16.3. The summed E-state index contributed by atoms with van der Waals surface area (Å²) in [5, 5.41) is 10.1. The molecule has 0 aliphatic rings. The van der Waals surface area contributed by atoms with Gasteiger partial charge in [0.15, 0.2) is 0 Å². The summed E-state index contributed by atoms with van der Waals surface area (Å²) >= 11 is 0. The molecule has 0 rings (SSSR count). The highest BCUT2D eigenvalue weighted by Gasteiger charge is 1.88. The van der Waals surface area contributed by atoms with Crippen LogP contribution in [0.5, 0.6) is 0 Å². The molecule has 0 aromatic carbocycles. The number of amides is 1. The van der Waals surface area contributed by atoms with Crippen LogP contribution in [0.15, 0.2) is 0 Å². The zero-order valence-corrected chi connectivity index (χ0v) is 3.85. The Labute approximate surface area is 43.1 Å². The van der Waals surface area contributed by atoms with E-state index in [9.17, 15) is 4.79 Å². The lowest BCUT2D eigenvalue weighted by Gasteiger charge is -1.93. The van der Waals surface area contributed by atoms with Crippen LogP contribution < -0.4 is 5.32 Å². The maximum atomic E-state index is 10.0. The number of nitrogens with one attached hydrogen (secondary N) is 1. The molecule has 3 nitrogen and oxygen atoms in total.